The lowest BCUT2D eigenvalue weighted by Gasteiger charge is -2.33. The number of ether oxygens (including phenoxy) is 6. The summed E-state index contributed by atoms with van der Waals surface area (Å²) in [6.45, 7) is 7.65. The smallest absolute Gasteiger partial charge is 0.410 e. The molecule has 4 aliphatic rings. The highest BCUT2D eigenvalue weighted by atomic mass is 16.6. The Bertz CT molecular complexity index is 4100. The van der Waals surface area contributed by atoms with Crippen LogP contribution in [0.3, 0.4) is 0 Å². The molecule has 2 saturated heterocycles. The summed E-state index contributed by atoms with van der Waals surface area (Å²) in [4.78, 5) is 92.1. The van der Waals surface area contributed by atoms with E-state index < -0.39 is 84.3 Å². The van der Waals surface area contributed by atoms with Crippen LogP contribution in [0.4, 0.5) is 9.59 Å². The van der Waals surface area contributed by atoms with Crippen LogP contribution < -0.4 is 20.1 Å². The van der Waals surface area contributed by atoms with Crippen LogP contribution in [0, 0.1) is 23.7 Å². The Morgan fingerprint density at radius 3 is 1.20 bits per heavy atom. The number of amides is 6. The van der Waals surface area contributed by atoms with E-state index in [9.17, 15) is 28.8 Å². The van der Waals surface area contributed by atoms with E-state index in [-0.39, 0.29) is 76.6 Å². The topological polar surface area (TPSA) is 282 Å². The van der Waals surface area contributed by atoms with Crippen molar-refractivity contribution in [1.82, 2.24) is 70.6 Å². The van der Waals surface area contributed by atoms with Crippen molar-refractivity contribution in [2.75, 3.05) is 53.6 Å². The molecule has 26 nitrogen and oxygen atoms in total. The van der Waals surface area contributed by atoms with Gasteiger partial charge in [-0.05, 0) is 142 Å². The van der Waals surface area contributed by atoms with E-state index in [1.54, 1.807) is 37.5 Å². The second-order valence-electron chi connectivity index (χ2n) is 26.3. The van der Waals surface area contributed by atoms with Crippen LogP contribution in [-0.4, -0.2) is 198 Å². The van der Waals surface area contributed by atoms with Gasteiger partial charge < -0.3 is 48.9 Å². The Morgan fingerprint density at radius 2 is 0.837 bits per heavy atom. The van der Waals surface area contributed by atoms with Crippen molar-refractivity contribution in [3.8, 4) is 58.0 Å². The number of aromatic nitrogens is 8. The third-order valence-corrected chi connectivity index (χ3v) is 19.8. The molecule has 0 radical (unpaired) electrons. The second-order valence-corrected chi connectivity index (χ2v) is 26.3. The molecule has 538 valence electrons. The van der Waals surface area contributed by atoms with Gasteiger partial charge in [-0.1, -0.05) is 180 Å². The van der Waals surface area contributed by atoms with E-state index in [2.05, 4.69) is 65.4 Å². The molecule has 2 aliphatic carbocycles. The van der Waals surface area contributed by atoms with E-state index >= 15 is 0 Å². The Balaban J connectivity index is 0.697. The average Bonchev–Trinajstić information content (AvgIpc) is 1.62. The van der Waals surface area contributed by atoms with E-state index in [4.69, 9.17) is 28.4 Å². The molecule has 0 spiro atoms. The molecule has 2 fully saturated rings. The van der Waals surface area contributed by atoms with E-state index in [1.807, 2.05) is 158 Å². The number of fused-ring (bicyclic) bond motifs is 6. The molecule has 2 aromatic heterocycles. The number of hydrogen-bond donors (Lipinski definition) is 2. The van der Waals surface area contributed by atoms with E-state index in [0.29, 0.717) is 38.8 Å². The largest absolute Gasteiger partial charge is 0.458 e. The lowest BCUT2D eigenvalue weighted by atomic mass is 9.98. The van der Waals surface area contributed by atoms with Crippen molar-refractivity contribution < 1.29 is 57.2 Å². The summed E-state index contributed by atoms with van der Waals surface area (Å²) in [6, 6.07) is 46.1. The van der Waals surface area contributed by atoms with Gasteiger partial charge in [0.1, 0.15) is 63.8 Å². The highest BCUT2D eigenvalue weighted by Crippen LogP contribution is 2.46. The number of likely N-dealkylation sites (tertiary alicyclic amines) is 2. The van der Waals surface area contributed by atoms with Crippen molar-refractivity contribution in [2.24, 2.45) is 0 Å². The highest BCUT2D eigenvalue weighted by molar-refractivity contribution is 5.93. The first-order chi connectivity index (χ1) is 50.6. The van der Waals surface area contributed by atoms with Gasteiger partial charge in [0.2, 0.25) is 23.6 Å². The summed E-state index contributed by atoms with van der Waals surface area (Å²) in [7, 11) is 2.95. The number of likely N-dealkylation sites (N-methyl/N-ethyl adjacent to an activating group) is 2. The van der Waals surface area contributed by atoms with Crippen LogP contribution in [0.5, 0.6) is 12.0 Å². The molecular weight excluding hydrogens is 1320 g/mol. The number of nitrogens with one attached hydrogen (secondary N) is 2. The lowest BCUT2D eigenvalue weighted by Crippen LogP contribution is -2.58. The van der Waals surface area contributed by atoms with Gasteiger partial charge >= 0.3 is 24.2 Å². The third-order valence-electron chi connectivity index (χ3n) is 19.8. The normalized spacial score (nSPS) is 16.6. The van der Waals surface area contributed by atoms with Crippen molar-refractivity contribution in [2.45, 2.75) is 140 Å². The number of hydrogen-bond acceptors (Lipinski definition) is 18. The molecule has 0 saturated carbocycles. The van der Waals surface area contributed by atoms with Crippen LogP contribution in [0.15, 0.2) is 158 Å². The van der Waals surface area contributed by atoms with Crippen LogP contribution >= 0.6 is 0 Å². The molecular formula is C78H84N14O12. The van der Waals surface area contributed by atoms with Gasteiger partial charge in [0.05, 0.1) is 37.4 Å². The van der Waals surface area contributed by atoms with Gasteiger partial charge in [-0.3, -0.25) is 29.0 Å². The molecule has 0 bridgehead atoms. The van der Waals surface area contributed by atoms with Gasteiger partial charge in [-0.25, -0.2) is 9.59 Å². The number of rotatable bonds is 28. The predicted molar refractivity (Wildman–Crippen MR) is 381 cm³/mol. The second kappa shape index (κ2) is 34.0. The number of tetrazole rings is 2. The number of carbonyl (C=O) groups is 6. The summed E-state index contributed by atoms with van der Waals surface area (Å²) in [5.74, 6) is 8.75. The molecule has 6 amide bonds. The van der Waals surface area contributed by atoms with Gasteiger partial charge in [0, 0.05) is 39.0 Å². The Kier molecular flexibility index (Phi) is 23.6. The Labute approximate surface area is 603 Å². The van der Waals surface area contributed by atoms with Crippen molar-refractivity contribution >= 4 is 35.8 Å². The number of nitrogens with zero attached hydrogens (tertiary/aromatic N) is 12. The fourth-order valence-electron chi connectivity index (χ4n) is 13.7. The number of benzene rings is 6. The fourth-order valence-corrected chi connectivity index (χ4v) is 13.7. The number of carbonyl (C=O) groups excluding carboxylic acids is 6. The van der Waals surface area contributed by atoms with Crippen molar-refractivity contribution in [1.29, 1.82) is 0 Å². The summed E-state index contributed by atoms with van der Waals surface area (Å²) >= 11 is 0. The van der Waals surface area contributed by atoms with Gasteiger partial charge in [-0.2, -0.15) is 9.36 Å². The Morgan fingerprint density at radius 1 is 0.490 bits per heavy atom. The van der Waals surface area contributed by atoms with Gasteiger partial charge in [-0.15, -0.1) is 0 Å². The minimum Gasteiger partial charge on any atom is -0.458 e. The maximum atomic E-state index is 15.0. The third kappa shape index (κ3) is 16.8. The summed E-state index contributed by atoms with van der Waals surface area (Å²) < 4.78 is 39.3. The standard InChI is InChI=1S/C78H84N14O12/c1-51(87(5)77(97)103-49-67-63-37-19-15-33-59(63)60-34-16-20-38-64(60)67)71(93)79-69(73(95)89-41-25-31-57(89)45-91-75(81-83-85-91)101-47-55-27-11-9-12-28-55)53(3)99-43-23-7-8-24-44-100-54(4)70(74(96)90-42-26-32-58(90)46-92-76(82-84-86-92)102-48-56-29-13-10-14-30-56)80-72(94)52(2)88(6)78(98)104-50-68-65-39-21-17-35-61(65)62-36-18-22-40-66(62)68/h9-22,27-30,33-40,51-54,57-58,67-70H,25-26,31-32,41-50H2,1-6H3,(H,79,93)(H,80,94)/t51-,52-,53?,54?,57-,58-,69-,70-/m0/s1. The first-order valence-corrected chi connectivity index (χ1v) is 35.0. The molecule has 2 N–H and O–H groups in total. The quantitative estimate of drug-likeness (QED) is 0.0442. The van der Waals surface area contributed by atoms with Crippen LogP contribution in [-0.2, 0) is 64.4 Å². The molecule has 4 heterocycles. The molecule has 104 heavy (non-hydrogen) atoms. The molecule has 8 atom stereocenters. The average molecular weight is 1410 g/mol. The van der Waals surface area contributed by atoms with Crippen LogP contribution in [0.2, 0.25) is 0 Å². The van der Waals surface area contributed by atoms with Crippen molar-refractivity contribution in [3.05, 3.63) is 191 Å². The molecule has 2 unspecified atom stereocenters. The molecule has 6 aromatic carbocycles. The predicted octanol–water partition coefficient (Wildman–Crippen LogP) is 7.83. The monoisotopic (exact) mass is 1410 g/mol. The zero-order valence-corrected chi connectivity index (χ0v) is 58.9. The zero-order chi connectivity index (χ0) is 72.6. The van der Waals surface area contributed by atoms with Gasteiger partial charge in [0.15, 0.2) is 0 Å². The first-order valence-electron chi connectivity index (χ1n) is 35.0. The minimum absolute atomic E-state index is 0.0417. The van der Waals surface area contributed by atoms with Crippen molar-refractivity contribution in [3.63, 3.8) is 0 Å². The SMILES string of the molecule is CC(OCC#CC#CCOC(C)[C@H](NC(=O)[C@H](C)N(C)C(=O)OCC1c2ccccc2-c2ccccc21)C(=O)N1CCC[C@H]1Cn1nnnc1OCc1ccccc1)[C@H](NC(=O)[C@H](C)N(C)C(=O)OCC1c2ccccc2-c2ccccc21)C(=O)N1CCC[C@H]1Cn1nnnc1OCc1ccccc1. The summed E-state index contributed by atoms with van der Waals surface area (Å²) in [5.41, 5.74) is 10.3. The molecule has 8 aromatic rings. The highest BCUT2D eigenvalue weighted by Gasteiger charge is 2.42. The lowest BCUT2D eigenvalue weighted by molar-refractivity contribution is -0.142. The summed E-state index contributed by atoms with van der Waals surface area (Å²) in [5, 5.41) is 30.1. The summed E-state index contributed by atoms with van der Waals surface area (Å²) in [6.07, 6.45) is -0.841. The minimum atomic E-state index is -1.26. The maximum absolute atomic E-state index is 15.0. The zero-order valence-electron chi connectivity index (χ0n) is 58.9. The first kappa shape index (κ1) is 72.3. The molecule has 2 aliphatic heterocycles. The van der Waals surface area contributed by atoms with Crippen LogP contribution in [0.25, 0.3) is 22.3 Å². The fraction of sp³-hybridized carbons (Fsp3) is 0.385. The van der Waals surface area contributed by atoms with Crippen LogP contribution in [0.1, 0.15) is 98.6 Å². The Hall–Kier alpha value is -11.5. The molecule has 26 heteroatoms. The van der Waals surface area contributed by atoms with E-state index in [0.717, 1.165) is 55.6 Å². The molecule has 12 rings (SSSR count). The van der Waals surface area contributed by atoms with Gasteiger partial charge in [0.25, 0.3) is 0 Å². The van der Waals surface area contributed by atoms with E-state index in [1.165, 1.54) is 33.3 Å². The maximum Gasteiger partial charge on any atom is 0.410 e.